The van der Waals surface area contributed by atoms with Crippen molar-refractivity contribution in [3.05, 3.63) is 87.9 Å². The lowest BCUT2D eigenvalue weighted by Crippen LogP contribution is -2.54. The first kappa shape index (κ1) is 28.7. The van der Waals surface area contributed by atoms with Gasteiger partial charge in [-0.05, 0) is 48.5 Å². The van der Waals surface area contributed by atoms with Gasteiger partial charge in [0.05, 0.1) is 6.54 Å². The summed E-state index contributed by atoms with van der Waals surface area (Å²) >= 11 is 18.3. The first-order chi connectivity index (χ1) is 20.4. The third-order valence-corrected chi connectivity index (χ3v) is 8.50. The number of carbonyl (C=O) groups is 1. The van der Waals surface area contributed by atoms with Crippen molar-refractivity contribution in [2.24, 2.45) is 0 Å². The minimum Gasteiger partial charge on any atom is -0.369 e. The molecule has 1 amide bonds. The summed E-state index contributed by atoms with van der Waals surface area (Å²) in [6.07, 6.45) is 0. The van der Waals surface area contributed by atoms with Gasteiger partial charge >= 0.3 is 0 Å². The fourth-order valence-electron chi connectivity index (χ4n) is 5.33. The van der Waals surface area contributed by atoms with Crippen LogP contribution in [-0.2, 0) is 4.79 Å². The molecule has 0 radical (unpaired) electrons. The van der Waals surface area contributed by atoms with Gasteiger partial charge in [0.15, 0.2) is 0 Å². The molecule has 0 spiro atoms. The highest BCUT2D eigenvalue weighted by atomic mass is 35.5. The molecule has 216 valence electrons. The Morgan fingerprint density at radius 2 is 1.10 bits per heavy atom. The molecule has 0 atom stereocenters. The van der Waals surface area contributed by atoms with Gasteiger partial charge in [-0.1, -0.05) is 59.1 Å². The molecule has 0 unspecified atom stereocenters. The number of benzene rings is 3. The second-order valence-corrected chi connectivity index (χ2v) is 11.7. The molecule has 2 fully saturated rings. The first-order valence-corrected chi connectivity index (χ1v) is 15.1. The van der Waals surface area contributed by atoms with Crippen molar-refractivity contribution in [2.75, 3.05) is 68.7 Å². The Morgan fingerprint density at radius 1 is 0.595 bits per heavy atom. The van der Waals surface area contributed by atoms with E-state index >= 15 is 0 Å². The van der Waals surface area contributed by atoms with Gasteiger partial charge in [0.25, 0.3) is 0 Å². The Morgan fingerprint density at radius 3 is 1.67 bits per heavy atom. The number of hydrogen-bond acceptors (Lipinski definition) is 7. The Balaban J connectivity index is 1.08. The molecule has 42 heavy (non-hydrogen) atoms. The zero-order valence-corrected chi connectivity index (χ0v) is 25.2. The smallest absolute Gasteiger partial charge is 0.246 e. The lowest BCUT2D eigenvalue weighted by molar-refractivity contribution is -0.132. The van der Waals surface area contributed by atoms with Crippen molar-refractivity contribution in [3.63, 3.8) is 0 Å². The molecule has 3 aromatic carbocycles. The minimum atomic E-state index is 0.161. The molecule has 6 rings (SSSR count). The van der Waals surface area contributed by atoms with E-state index in [2.05, 4.69) is 24.9 Å². The van der Waals surface area contributed by atoms with Crippen LogP contribution in [0, 0.1) is 0 Å². The largest absolute Gasteiger partial charge is 0.369 e. The van der Waals surface area contributed by atoms with Crippen molar-refractivity contribution < 1.29 is 4.79 Å². The molecule has 4 aromatic rings. The van der Waals surface area contributed by atoms with Gasteiger partial charge in [-0.3, -0.25) is 9.69 Å². The van der Waals surface area contributed by atoms with E-state index in [1.165, 1.54) is 5.69 Å². The van der Waals surface area contributed by atoms with Gasteiger partial charge in [-0.2, -0.15) is 0 Å². The van der Waals surface area contributed by atoms with Gasteiger partial charge in [0.1, 0.15) is 11.4 Å². The van der Waals surface area contributed by atoms with Crippen LogP contribution in [0.2, 0.25) is 15.1 Å². The maximum atomic E-state index is 13.2. The van der Waals surface area contributed by atoms with Crippen LogP contribution >= 0.6 is 34.8 Å². The summed E-state index contributed by atoms with van der Waals surface area (Å²) in [6, 6.07) is 22.9. The SMILES string of the molecule is O=C(CN1CCN(c2ccc(Cl)cc2)CC1)N1CCN(c2nnc(-c3ccc(Cl)cc3)c(-c3ccc(Cl)cc3)n2)CC1. The third kappa shape index (κ3) is 6.63. The van der Waals surface area contributed by atoms with E-state index in [0.717, 1.165) is 48.0 Å². The minimum absolute atomic E-state index is 0.161. The molecule has 0 saturated carbocycles. The Bertz CT molecular complexity index is 1520. The summed E-state index contributed by atoms with van der Waals surface area (Å²) in [5, 5.41) is 11.1. The number of halogens is 3. The average Bonchev–Trinajstić information content (AvgIpc) is 3.02. The van der Waals surface area contributed by atoms with E-state index in [4.69, 9.17) is 39.8 Å². The summed E-state index contributed by atoms with van der Waals surface area (Å²) in [4.78, 5) is 26.7. The number of nitrogens with zero attached hydrogens (tertiary/aromatic N) is 7. The van der Waals surface area contributed by atoms with Crippen LogP contribution in [0.1, 0.15) is 0 Å². The van der Waals surface area contributed by atoms with Crippen LogP contribution in [-0.4, -0.2) is 89.8 Å². The molecule has 0 aliphatic carbocycles. The quantitative estimate of drug-likeness (QED) is 0.276. The lowest BCUT2D eigenvalue weighted by Gasteiger charge is -2.38. The Hall–Kier alpha value is -3.43. The van der Waals surface area contributed by atoms with Gasteiger partial charge in [-0.15, -0.1) is 10.2 Å². The molecular weight excluding hydrogens is 593 g/mol. The molecule has 1 aromatic heterocycles. The number of anilines is 2. The molecular formula is C31H30Cl3N7O. The first-order valence-electron chi connectivity index (χ1n) is 14.0. The summed E-state index contributed by atoms with van der Waals surface area (Å²) in [7, 11) is 0. The second-order valence-electron chi connectivity index (χ2n) is 10.4. The molecule has 11 heteroatoms. The Kier molecular flexibility index (Phi) is 8.76. The standard InChI is InChI=1S/C31H30Cl3N7O/c32-24-5-1-22(2-6-24)29-30(23-3-7-25(33)8-4-23)36-37-31(35-29)41-19-17-40(18-20-41)28(42)21-38-13-15-39(16-14-38)27-11-9-26(34)10-12-27/h1-12H,13-21H2. The van der Waals surface area contributed by atoms with Crippen LogP contribution < -0.4 is 9.80 Å². The molecule has 2 aliphatic heterocycles. The fraction of sp³-hybridized carbons (Fsp3) is 0.290. The normalized spacial score (nSPS) is 16.1. The van der Waals surface area contributed by atoms with Crippen molar-refractivity contribution in [2.45, 2.75) is 0 Å². The van der Waals surface area contributed by atoms with Crippen LogP contribution in [0.25, 0.3) is 22.5 Å². The molecule has 2 saturated heterocycles. The van der Waals surface area contributed by atoms with E-state index in [-0.39, 0.29) is 5.91 Å². The summed E-state index contributed by atoms with van der Waals surface area (Å²) in [6.45, 7) is 6.40. The number of amides is 1. The van der Waals surface area contributed by atoms with Crippen LogP contribution in [0.3, 0.4) is 0 Å². The van der Waals surface area contributed by atoms with Crippen LogP contribution in [0.5, 0.6) is 0 Å². The topological polar surface area (TPSA) is 68.7 Å². The van der Waals surface area contributed by atoms with Gasteiger partial charge in [0, 0.05) is 84.2 Å². The number of rotatable bonds is 6. The highest BCUT2D eigenvalue weighted by Gasteiger charge is 2.27. The second kappa shape index (κ2) is 12.8. The summed E-state index contributed by atoms with van der Waals surface area (Å²) < 4.78 is 0. The van der Waals surface area contributed by atoms with E-state index in [1.807, 2.05) is 77.7 Å². The highest BCUT2D eigenvalue weighted by Crippen LogP contribution is 2.31. The number of hydrogen-bond donors (Lipinski definition) is 0. The monoisotopic (exact) mass is 621 g/mol. The predicted molar refractivity (Wildman–Crippen MR) is 170 cm³/mol. The number of carbonyl (C=O) groups excluding carboxylic acids is 1. The lowest BCUT2D eigenvalue weighted by atomic mass is 10.0. The molecule has 0 N–H and O–H groups in total. The predicted octanol–water partition coefficient (Wildman–Crippen LogP) is 5.64. The van der Waals surface area contributed by atoms with Crippen LogP contribution in [0.4, 0.5) is 11.6 Å². The Labute approximate surface area is 260 Å². The zero-order chi connectivity index (χ0) is 29.1. The summed E-state index contributed by atoms with van der Waals surface area (Å²) in [5.41, 5.74) is 4.32. The highest BCUT2D eigenvalue weighted by molar-refractivity contribution is 6.31. The van der Waals surface area contributed by atoms with E-state index < -0.39 is 0 Å². The molecule has 0 bridgehead atoms. The van der Waals surface area contributed by atoms with E-state index in [9.17, 15) is 4.79 Å². The fourth-order valence-corrected chi connectivity index (χ4v) is 5.70. The van der Waals surface area contributed by atoms with Crippen molar-refractivity contribution in [1.29, 1.82) is 0 Å². The van der Waals surface area contributed by atoms with Gasteiger partial charge < -0.3 is 14.7 Å². The summed E-state index contributed by atoms with van der Waals surface area (Å²) in [5.74, 6) is 0.705. The van der Waals surface area contributed by atoms with Gasteiger partial charge in [0.2, 0.25) is 11.9 Å². The van der Waals surface area contributed by atoms with E-state index in [0.29, 0.717) is 54.4 Å². The molecule has 3 heterocycles. The zero-order valence-electron chi connectivity index (χ0n) is 23.0. The maximum absolute atomic E-state index is 13.2. The van der Waals surface area contributed by atoms with Gasteiger partial charge in [-0.25, -0.2) is 4.98 Å². The average molecular weight is 623 g/mol. The maximum Gasteiger partial charge on any atom is 0.246 e. The number of piperazine rings is 2. The molecule has 8 nitrogen and oxygen atoms in total. The van der Waals surface area contributed by atoms with Crippen molar-refractivity contribution in [1.82, 2.24) is 25.0 Å². The van der Waals surface area contributed by atoms with E-state index in [1.54, 1.807) is 0 Å². The van der Waals surface area contributed by atoms with Crippen LogP contribution in [0.15, 0.2) is 72.8 Å². The molecule has 2 aliphatic rings. The van der Waals surface area contributed by atoms with Crippen molar-refractivity contribution >= 4 is 52.3 Å². The third-order valence-electron chi connectivity index (χ3n) is 7.75. The van der Waals surface area contributed by atoms with Crippen molar-refractivity contribution in [3.8, 4) is 22.5 Å². The number of aromatic nitrogens is 3.